The number of nitro groups is 1. The molecule has 0 aliphatic carbocycles. The van der Waals surface area contributed by atoms with Crippen molar-refractivity contribution in [2.45, 2.75) is 0 Å². The highest BCUT2D eigenvalue weighted by Gasteiger charge is 2.07. The number of non-ortho nitro benzene ring substituents is 1. The van der Waals surface area contributed by atoms with Crippen molar-refractivity contribution < 1.29 is 10.0 Å². The van der Waals surface area contributed by atoms with E-state index in [2.05, 4.69) is 5.32 Å². The molecule has 7 nitrogen and oxygen atoms in total. The summed E-state index contributed by atoms with van der Waals surface area (Å²) in [6.45, 7) is 0.0946. The third-order valence-corrected chi connectivity index (χ3v) is 2.27. The molecule has 1 aromatic carbocycles. The van der Waals surface area contributed by atoms with Gasteiger partial charge in [-0.2, -0.15) is 0 Å². The molecule has 0 atom stereocenters. The second-order valence-corrected chi connectivity index (χ2v) is 3.54. The van der Waals surface area contributed by atoms with Crippen LogP contribution in [0.2, 0.25) is 0 Å². The smallest absolute Gasteiger partial charge is 0.269 e. The average Bonchev–Trinajstić information content (AvgIpc) is 2.30. The molecule has 1 aromatic rings. The molecule has 0 fully saturated rings. The summed E-state index contributed by atoms with van der Waals surface area (Å²) in [6, 6.07) is 5.77. The Kier molecular flexibility index (Phi) is 4.76. The van der Waals surface area contributed by atoms with E-state index in [1.807, 2.05) is 0 Å². The molecular weight excluding hydrogens is 244 g/mol. The lowest BCUT2D eigenvalue weighted by Crippen LogP contribution is -2.42. The number of thiocarbonyl (C=S) groups is 1. The number of nitrogens with two attached hydrogens (primary N) is 1. The summed E-state index contributed by atoms with van der Waals surface area (Å²) >= 11 is 4.95. The number of anilines is 1. The number of hydrogen-bond acceptors (Lipinski definition) is 5. The number of nitrogens with one attached hydrogen (secondary N) is 1. The highest BCUT2D eigenvalue weighted by Crippen LogP contribution is 2.15. The molecular formula is C9H12N4O3S. The van der Waals surface area contributed by atoms with Gasteiger partial charge in [0.1, 0.15) is 0 Å². The summed E-state index contributed by atoms with van der Waals surface area (Å²) in [4.78, 5) is 9.95. The normalized spacial score (nSPS) is 9.76. The molecule has 0 heterocycles. The van der Waals surface area contributed by atoms with Crippen molar-refractivity contribution in [2.75, 3.05) is 18.5 Å². The van der Waals surface area contributed by atoms with E-state index >= 15 is 0 Å². The molecule has 4 N–H and O–H groups in total. The maximum atomic E-state index is 10.4. The van der Waals surface area contributed by atoms with E-state index in [9.17, 15) is 10.1 Å². The van der Waals surface area contributed by atoms with Crippen molar-refractivity contribution in [3.63, 3.8) is 0 Å². The summed E-state index contributed by atoms with van der Waals surface area (Å²) in [5.41, 5.74) is 0.593. The minimum absolute atomic E-state index is 0.00133. The van der Waals surface area contributed by atoms with Gasteiger partial charge >= 0.3 is 0 Å². The Labute approximate surface area is 103 Å². The van der Waals surface area contributed by atoms with E-state index in [0.717, 1.165) is 0 Å². The van der Waals surface area contributed by atoms with Crippen LogP contribution in [0.1, 0.15) is 0 Å². The largest absolute Gasteiger partial charge is 0.394 e. The number of aliphatic hydroxyl groups excluding tert-OH is 1. The Morgan fingerprint density at radius 2 is 2.12 bits per heavy atom. The highest BCUT2D eigenvalue weighted by atomic mass is 32.1. The first-order chi connectivity index (χ1) is 8.04. The Morgan fingerprint density at radius 1 is 1.53 bits per heavy atom. The van der Waals surface area contributed by atoms with E-state index in [1.54, 1.807) is 0 Å². The molecule has 1 rings (SSSR count). The number of nitrogens with zero attached hydrogens (tertiary/aromatic N) is 2. The fraction of sp³-hybridized carbons (Fsp3) is 0.222. The number of hydrazine groups is 1. The van der Waals surface area contributed by atoms with E-state index in [1.165, 1.54) is 29.3 Å². The lowest BCUT2D eigenvalue weighted by atomic mass is 10.3. The first-order valence-electron chi connectivity index (χ1n) is 4.73. The van der Waals surface area contributed by atoms with Crippen LogP contribution < -0.4 is 11.2 Å². The van der Waals surface area contributed by atoms with Crippen molar-refractivity contribution >= 4 is 28.7 Å². The number of nitro benzene ring substituents is 1. The number of aliphatic hydroxyl groups is 1. The van der Waals surface area contributed by atoms with Crippen molar-refractivity contribution in [1.29, 1.82) is 0 Å². The van der Waals surface area contributed by atoms with E-state index < -0.39 is 4.92 Å². The molecule has 92 valence electrons. The van der Waals surface area contributed by atoms with Gasteiger partial charge in [0.15, 0.2) is 5.11 Å². The first kappa shape index (κ1) is 13.3. The van der Waals surface area contributed by atoms with Gasteiger partial charge in [0, 0.05) is 17.8 Å². The summed E-state index contributed by atoms with van der Waals surface area (Å²) < 4.78 is 0. The Bertz CT molecular complexity index is 409. The minimum Gasteiger partial charge on any atom is -0.394 e. The zero-order valence-electron chi connectivity index (χ0n) is 8.87. The molecule has 17 heavy (non-hydrogen) atoms. The zero-order valence-corrected chi connectivity index (χ0v) is 9.68. The fourth-order valence-electron chi connectivity index (χ4n) is 1.07. The third kappa shape index (κ3) is 3.94. The van der Waals surface area contributed by atoms with E-state index in [-0.39, 0.29) is 24.0 Å². The first-order valence-corrected chi connectivity index (χ1v) is 5.14. The van der Waals surface area contributed by atoms with Gasteiger partial charge in [0.25, 0.3) is 5.69 Å². The van der Waals surface area contributed by atoms with Crippen LogP contribution in [0.3, 0.4) is 0 Å². The van der Waals surface area contributed by atoms with Gasteiger partial charge in [-0.05, 0) is 24.4 Å². The SMILES string of the molecule is NN(CCO)C(=S)Nc1ccc([N+](=O)[O-])cc1. The maximum Gasteiger partial charge on any atom is 0.269 e. The second-order valence-electron chi connectivity index (χ2n) is 3.15. The summed E-state index contributed by atoms with van der Waals surface area (Å²) in [5.74, 6) is 5.52. The van der Waals surface area contributed by atoms with Crippen molar-refractivity contribution in [1.82, 2.24) is 5.01 Å². The molecule has 8 heteroatoms. The molecule has 0 saturated carbocycles. The fourth-order valence-corrected chi connectivity index (χ4v) is 1.28. The molecule has 0 aliphatic heterocycles. The molecule has 0 radical (unpaired) electrons. The summed E-state index contributed by atoms with van der Waals surface area (Å²) in [5, 5.41) is 23.3. The minimum atomic E-state index is -0.483. The third-order valence-electron chi connectivity index (χ3n) is 1.93. The molecule has 0 aromatic heterocycles. The van der Waals surface area contributed by atoms with Gasteiger partial charge < -0.3 is 10.4 Å². The molecule has 0 aliphatic rings. The molecule has 0 unspecified atom stereocenters. The van der Waals surface area contributed by atoms with Crippen LogP contribution in [-0.4, -0.2) is 33.3 Å². The van der Waals surface area contributed by atoms with Crippen LogP contribution in [0.15, 0.2) is 24.3 Å². The summed E-state index contributed by atoms with van der Waals surface area (Å²) in [7, 11) is 0. The van der Waals surface area contributed by atoms with Gasteiger partial charge in [-0.25, -0.2) is 5.84 Å². The average molecular weight is 256 g/mol. The van der Waals surface area contributed by atoms with Gasteiger partial charge in [0.2, 0.25) is 0 Å². The van der Waals surface area contributed by atoms with E-state index in [0.29, 0.717) is 5.69 Å². The highest BCUT2D eigenvalue weighted by molar-refractivity contribution is 7.80. The Balaban J connectivity index is 2.63. The maximum absolute atomic E-state index is 10.4. The Morgan fingerprint density at radius 3 is 2.59 bits per heavy atom. The zero-order chi connectivity index (χ0) is 12.8. The summed E-state index contributed by atoms with van der Waals surface area (Å²) in [6.07, 6.45) is 0. The van der Waals surface area contributed by atoms with Gasteiger partial charge in [-0.1, -0.05) is 0 Å². The lowest BCUT2D eigenvalue weighted by molar-refractivity contribution is -0.384. The van der Waals surface area contributed by atoms with Crippen molar-refractivity contribution in [3.8, 4) is 0 Å². The van der Waals surface area contributed by atoms with Crippen molar-refractivity contribution in [2.24, 2.45) is 5.84 Å². The monoisotopic (exact) mass is 256 g/mol. The van der Waals surface area contributed by atoms with Crippen LogP contribution in [0, 0.1) is 10.1 Å². The molecule has 0 amide bonds. The molecule has 0 spiro atoms. The number of benzene rings is 1. The standard InChI is InChI=1S/C9H12N4O3S/c10-12(5-6-14)9(17)11-7-1-3-8(4-2-7)13(15)16/h1-4,14H,5-6,10H2,(H,11,17). The van der Waals surface area contributed by atoms with Crippen LogP contribution in [0.5, 0.6) is 0 Å². The van der Waals surface area contributed by atoms with Gasteiger partial charge in [-0.15, -0.1) is 0 Å². The topological polar surface area (TPSA) is 105 Å². The lowest BCUT2D eigenvalue weighted by Gasteiger charge is -2.19. The second kappa shape index (κ2) is 6.09. The quantitative estimate of drug-likeness (QED) is 0.311. The van der Waals surface area contributed by atoms with Crippen LogP contribution in [0.25, 0.3) is 0 Å². The number of rotatable bonds is 4. The van der Waals surface area contributed by atoms with Gasteiger partial charge in [0.05, 0.1) is 18.1 Å². The Hall–Kier alpha value is -1.77. The van der Waals surface area contributed by atoms with Crippen LogP contribution in [0.4, 0.5) is 11.4 Å². The van der Waals surface area contributed by atoms with Crippen LogP contribution in [-0.2, 0) is 0 Å². The molecule has 0 saturated heterocycles. The van der Waals surface area contributed by atoms with Gasteiger partial charge in [-0.3, -0.25) is 15.1 Å². The van der Waals surface area contributed by atoms with E-state index in [4.69, 9.17) is 23.2 Å². The van der Waals surface area contributed by atoms with Crippen molar-refractivity contribution in [3.05, 3.63) is 34.4 Å². The van der Waals surface area contributed by atoms with Crippen LogP contribution >= 0.6 is 12.2 Å². The molecule has 0 bridgehead atoms. The number of hydrogen-bond donors (Lipinski definition) is 3. The predicted octanol–water partition coefficient (Wildman–Crippen LogP) is 0.460. The predicted molar refractivity (Wildman–Crippen MR) is 67.3 cm³/mol.